The predicted octanol–water partition coefficient (Wildman–Crippen LogP) is 6.07. The summed E-state index contributed by atoms with van der Waals surface area (Å²) >= 11 is 12.1. The van der Waals surface area contributed by atoms with E-state index in [9.17, 15) is 4.79 Å². The summed E-state index contributed by atoms with van der Waals surface area (Å²) in [6.45, 7) is 2.04. The zero-order valence-corrected chi connectivity index (χ0v) is 14.5. The van der Waals surface area contributed by atoms with E-state index < -0.39 is 0 Å². The summed E-state index contributed by atoms with van der Waals surface area (Å²) in [6, 6.07) is 16.2. The highest BCUT2D eigenvalue weighted by Crippen LogP contribution is 2.31. The Morgan fingerprint density at radius 3 is 2.62 bits per heavy atom. The number of para-hydroxylation sites is 1. The van der Waals surface area contributed by atoms with Gasteiger partial charge < -0.3 is 9.73 Å². The zero-order chi connectivity index (χ0) is 17.1. The molecule has 1 amide bonds. The minimum absolute atomic E-state index is 0.224. The third-order valence-corrected chi connectivity index (χ3v) is 4.22. The topological polar surface area (TPSA) is 42.2 Å². The van der Waals surface area contributed by atoms with E-state index in [0.29, 0.717) is 21.4 Å². The summed E-state index contributed by atoms with van der Waals surface area (Å²) in [5.74, 6) is 0.444. The highest BCUT2D eigenvalue weighted by atomic mass is 35.5. The number of carbonyl (C=O) groups is 1. The van der Waals surface area contributed by atoms with Crippen LogP contribution in [0.3, 0.4) is 0 Å². The summed E-state index contributed by atoms with van der Waals surface area (Å²) in [5, 5.41) is 3.90. The Morgan fingerprint density at radius 2 is 1.88 bits per heavy atom. The largest absolute Gasteiger partial charge is 0.451 e. The summed E-state index contributed by atoms with van der Waals surface area (Å²) < 4.78 is 5.66. The first-order chi connectivity index (χ1) is 11.6. The maximum Gasteiger partial charge on any atom is 0.291 e. The second kappa shape index (κ2) is 7.12. The number of halogens is 2. The van der Waals surface area contributed by atoms with E-state index in [1.54, 1.807) is 30.3 Å². The maximum atomic E-state index is 12.4. The van der Waals surface area contributed by atoms with Gasteiger partial charge in [0.25, 0.3) is 5.91 Å². The van der Waals surface area contributed by atoms with E-state index in [-0.39, 0.29) is 11.7 Å². The molecule has 0 atom stereocenters. The Balaban J connectivity index is 1.83. The lowest BCUT2D eigenvalue weighted by molar-refractivity contribution is 0.0997. The van der Waals surface area contributed by atoms with E-state index in [0.717, 1.165) is 17.7 Å². The minimum Gasteiger partial charge on any atom is -0.451 e. The molecule has 5 heteroatoms. The smallest absolute Gasteiger partial charge is 0.291 e. The van der Waals surface area contributed by atoms with Crippen LogP contribution in [-0.4, -0.2) is 5.91 Å². The summed E-state index contributed by atoms with van der Waals surface area (Å²) in [5.41, 5.74) is 2.54. The van der Waals surface area contributed by atoms with Gasteiger partial charge in [0.1, 0.15) is 5.76 Å². The van der Waals surface area contributed by atoms with Gasteiger partial charge in [0.05, 0.1) is 5.02 Å². The van der Waals surface area contributed by atoms with Gasteiger partial charge in [-0.1, -0.05) is 48.3 Å². The van der Waals surface area contributed by atoms with E-state index in [1.165, 1.54) is 0 Å². The molecule has 122 valence electrons. The zero-order valence-electron chi connectivity index (χ0n) is 13.0. The monoisotopic (exact) mass is 359 g/mol. The van der Waals surface area contributed by atoms with E-state index in [2.05, 4.69) is 5.32 Å². The van der Waals surface area contributed by atoms with Crippen LogP contribution in [-0.2, 0) is 6.42 Å². The number of anilines is 1. The van der Waals surface area contributed by atoms with Crippen molar-refractivity contribution in [3.8, 4) is 11.3 Å². The molecular formula is C19H15Cl2NO2. The first-order valence-electron chi connectivity index (χ1n) is 7.53. The Bertz CT molecular complexity index is 887. The molecule has 0 saturated carbocycles. The minimum atomic E-state index is -0.299. The number of furan rings is 1. The second-order valence-electron chi connectivity index (χ2n) is 5.25. The SMILES string of the molecule is CCc1ccccc1NC(=O)c1ccc(-c2ccc(Cl)cc2Cl)o1. The molecule has 24 heavy (non-hydrogen) atoms. The van der Waals surface area contributed by atoms with Gasteiger partial charge >= 0.3 is 0 Å². The van der Waals surface area contributed by atoms with Crippen LogP contribution in [0, 0.1) is 0 Å². The quantitative estimate of drug-likeness (QED) is 0.614. The van der Waals surface area contributed by atoms with Crippen LogP contribution in [0.2, 0.25) is 10.0 Å². The Morgan fingerprint density at radius 1 is 1.08 bits per heavy atom. The lowest BCUT2D eigenvalue weighted by atomic mass is 10.1. The molecule has 0 bridgehead atoms. The highest BCUT2D eigenvalue weighted by molar-refractivity contribution is 6.36. The Kier molecular flexibility index (Phi) is 4.93. The summed E-state index contributed by atoms with van der Waals surface area (Å²) in [7, 11) is 0. The van der Waals surface area contributed by atoms with Crippen molar-refractivity contribution in [2.24, 2.45) is 0 Å². The first-order valence-corrected chi connectivity index (χ1v) is 8.28. The van der Waals surface area contributed by atoms with Crippen LogP contribution in [0.15, 0.2) is 59.0 Å². The van der Waals surface area contributed by atoms with Crippen molar-refractivity contribution >= 4 is 34.8 Å². The van der Waals surface area contributed by atoms with Crippen molar-refractivity contribution in [3.05, 3.63) is 76.0 Å². The molecule has 3 aromatic rings. The fourth-order valence-electron chi connectivity index (χ4n) is 2.43. The number of amides is 1. The molecule has 0 aliphatic carbocycles. The average Bonchev–Trinajstić information content (AvgIpc) is 3.05. The van der Waals surface area contributed by atoms with Gasteiger partial charge in [-0.25, -0.2) is 0 Å². The molecule has 0 fully saturated rings. The van der Waals surface area contributed by atoms with E-state index >= 15 is 0 Å². The molecule has 2 aromatic carbocycles. The van der Waals surface area contributed by atoms with Crippen molar-refractivity contribution in [1.29, 1.82) is 0 Å². The lowest BCUT2D eigenvalue weighted by Gasteiger charge is -2.08. The fraction of sp³-hybridized carbons (Fsp3) is 0.105. The van der Waals surface area contributed by atoms with Crippen molar-refractivity contribution in [2.75, 3.05) is 5.32 Å². The molecule has 1 N–H and O–H groups in total. The number of aryl methyl sites for hydroxylation is 1. The molecule has 0 saturated heterocycles. The first kappa shape index (κ1) is 16.6. The maximum absolute atomic E-state index is 12.4. The highest BCUT2D eigenvalue weighted by Gasteiger charge is 2.15. The van der Waals surface area contributed by atoms with Crippen molar-refractivity contribution in [3.63, 3.8) is 0 Å². The molecule has 0 aliphatic rings. The van der Waals surface area contributed by atoms with Gasteiger partial charge in [-0.05, 0) is 48.4 Å². The fourth-order valence-corrected chi connectivity index (χ4v) is 2.93. The third kappa shape index (κ3) is 3.48. The molecule has 0 unspecified atom stereocenters. The Labute approximate surface area is 150 Å². The van der Waals surface area contributed by atoms with Crippen LogP contribution in [0.4, 0.5) is 5.69 Å². The number of hydrogen-bond donors (Lipinski definition) is 1. The van der Waals surface area contributed by atoms with Crippen LogP contribution in [0.5, 0.6) is 0 Å². The lowest BCUT2D eigenvalue weighted by Crippen LogP contribution is -2.12. The predicted molar refractivity (Wildman–Crippen MR) is 97.9 cm³/mol. The van der Waals surface area contributed by atoms with Gasteiger partial charge in [0.2, 0.25) is 0 Å². The van der Waals surface area contributed by atoms with Crippen LogP contribution in [0.25, 0.3) is 11.3 Å². The molecule has 3 rings (SSSR count). The summed E-state index contributed by atoms with van der Waals surface area (Å²) in [6.07, 6.45) is 0.834. The van der Waals surface area contributed by atoms with Crippen molar-refractivity contribution < 1.29 is 9.21 Å². The van der Waals surface area contributed by atoms with Crippen LogP contribution < -0.4 is 5.32 Å². The number of hydrogen-bond acceptors (Lipinski definition) is 2. The van der Waals surface area contributed by atoms with Gasteiger partial charge in [-0.3, -0.25) is 4.79 Å². The van der Waals surface area contributed by atoms with E-state index in [4.69, 9.17) is 27.6 Å². The normalized spacial score (nSPS) is 10.6. The number of nitrogens with one attached hydrogen (secondary N) is 1. The van der Waals surface area contributed by atoms with Crippen LogP contribution in [0.1, 0.15) is 23.0 Å². The molecule has 0 spiro atoms. The number of carbonyl (C=O) groups excluding carboxylic acids is 1. The van der Waals surface area contributed by atoms with Crippen molar-refractivity contribution in [1.82, 2.24) is 0 Å². The van der Waals surface area contributed by atoms with Crippen LogP contribution >= 0.6 is 23.2 Å². The average molecular weight is 360 g/mol. The standard InChI is InChI=1S/C19H15Cl2NO2/c1-2-12-5-3-4-6-16(12)22-19(23)18-10-9-17(24-18)14-8-7-13(20)11-15(14)21/h3-11H,2H2,1H3,(H,22,23). The number of rotatable bonds is 4. The Hall–Kier alpha value is -2.23. The third-order valence-electron chi connectivity index (χ3n) is 3.67. The number of benzene rings is 2. The summed E-state index contributed by atoms with van der Waals surface area (Å²) in [4.78, 5) is 12.4. The molecule has 3 nitrogen and oxygen atoms in total. The second-order valence-corrected chi connectivity index (χ2v) is 6.10. The molecular weight excluding hydrogens is 345 g/mol. The molecule has 0 aliphatic heterocycles. The van der Waals surface area contributed by atoms with Gasteiger partial charge in [-0.2, -0.15) is 0 Å². The van der Waals surface area contributed by atoms with Gasteiger partial charge in [0, 0.05) is 16.3 Å². The van der Waals surface area contributed by atoms with E-state index in [1.807, 2.05) is 31.2 Å². The molecule has 0 radical (unpaired) electrons. The van der Waals surface area contributed by atoms with Gasteiger partial charge in [-0.15, -0.1) is 0 Å². The molecule has 1 heterocycles. The molecule has 1 aromatic heterocycles. The van der Waals surface area contributed by atoms with Gasteiger partial charge in [0.15, 0.2) is 5.76 Å². The van der Waals surface area contributed by atoms with Crippen molar-refractivity contribution in [2.45, 2.75) is 13.3 Å².